The molecule has 2 heterocycles. The van der Waals surface area contributed by atoms with Crippen LogP contribution in [0, 0.1) is 11.8 Å². The molecule has 256 valence electrons. The van der Waals surface area contributed by atoms with Gasteiger partial charge in [0, 0.05) is 53.7 Å². The predicted molar refractivity (Wildman–Crippen MR) is 187 cm³/mol. The summed E-state index contributed by atoms with van der Waals surface area (Å²) in [6.07, 6.45) is 9.69. The summed E-state index contributed by atoms with van der Waals surface area (Å²) < 4.78 is 18.5. The van der Waals surface area contributed by atoms with Crippen molar-refractivity contribution in [2.45, 2.75) is 68.7 Å². The average Bonchev–Trinajstić information content (AvgIpc) is 3.70. The monoisotopic (exact) mass is 673 g/mol. The fourth-order valence-electron chi connectivity index (χ4n) is 8.84. The molecular weight excluding hydrogens is 626 g/mol. The Bertz CT molecular complexity index is 1570. The molecule has 3 aliphatic carbocycles. The van der Waals surface area contributed by atoms with Crippen LogP contribution in [0.2, 0.25) is 5.02 Å². The normalized spacial score (nSPS) is 25.8. The van der Waals surface area contributed by atoms with Crippen molar-refractivity contribution in [3.8, 4) is 5.75 Å². The van der Waals surface area contributed by atoms with E-state index in [-0.39, 0.29) is 11.3 Å². The molecule has 1 aliphatic heterocycles. The number of hydrogen-bond donors (Lipinski definition) is 2. The largest absolute Gasteiger partial charge is 0.493 e. The van der Waals surface area contributed by atoms with E-state index >= 15 is 0 Å². The predicted octanol–water partition coefficient (Wildman–Crippen LogP) is 6.58. The summed E-state index contributed by atoms with van der Waals surface area (Å²) in [5.41, 5.74) is 4.86. The van der Waals surface area contributed by atoms with Crippen LogP contribution >= 0.6 is 11.6 Å². The van der Waals surface area contributed by atoms with E-state index < -0.39 is 11.5 Å². The summed E-state index contributed by atoms with van der Waals surface area (Å²) in [5.74, 6) is 0.737. The number of carboxylic acids is 1. The van der Waals surface area contributed by atoms with Crippen molar-refractivity contribution in [2.75, 3.05) is 58.0 Å². The highest BCUT2D eigenvalue weighted by Gasteiger charge is 2.54. The Balaban J connectivity index is 1.09. The van der Waals surface area contributed by atoms with Gasteiger partial charge in [-0.25, -0.2) is 4.79 Å². The van der Waals surface area contributed by atoms with Crippen molar-refractivity contribution in [1.29, 1.82) is 0 Å². The molecule has 2 fully saturated rings. The fraction of sp³-hybridized carbons (Fsp3) is 0.538. The van der Waals surface area contributed by atoms with Crippen LogP contribution in [0.4, 0.5) is 5.69 Å². The van der Waals surface area contributed by atoms with E-state index in [0.29, 0.717) is 43.6 Å². The number of halogens is 1. The van der Waals surface area contributed by atoms with Gasteiger partial charge >= 0.3 is 5.97 Å². The summed E-state index contributed by atoms with van der Waals surface area (Å²) >= 11 is 6.27. The van der Waals surface area contributed by atoms with Crippen LogP contribution in [-0.4, -0.2) is 79.2 Å². The van der Waals surface area contributed by atoms with Crippen LogP contribution in [0.1, 0.15) is 60.9 Å². The van der Waals surface area contributed by atoms with Crippen molar-refractivity contribution in [3.63, 3.8) is 0 Å². The number of fused-ring (bicyclic) bond motifs is 3. The minimum atomic E-state index is -1.04. The number of benzene rings is 2. The van der Waals surface area contributed by atoms with Crippen LogP contribution in [0.25, 0.3) is 0 Å². The number of pyridine rings is 1. The Hall–Kier alpha value is -3.17. The van der Waals surface area contributed by atoms with Gasteiger partial charge in [-0.15, -0.1) is 0 Å². The molecule has 48 heavy (non-hydrogen) atoms. The molecule has 0 bridgehead atoms. The molecule has 1 saturated heterocycles. The maximum atomic E-state index is 12.9. The number of anilines is 1. The van der Waals surface area contributed by atoms with E-state index in [1.54, 1.807) is 0 Å². The Labute approximate surface area is 289 Å². The number of hydrogen-bond acceptors (Lipinski definition) is 7. The molecular formula is C39H48ClN3O5. The molecule has 1 spiro atoms. The van der Waals surface area contributed by atoms with E-state index in [4.69, 9.17) is 25.8 Å². The highest BCUT2D eigenvalue weighted by atomic mass is 35.5. The van der Waals surface area contributed by atoms with E-state index in [1.165, 1.54) is 22.4 Å². The SMILES string of the molecule is O=C(O)C1(Nc2cccc(Cl)c2)CCC2(CC1)c1ccccc1C[C@@H]2CC(COCCN1CCOCC1)COc1ccnc2c1CCC2. The van der Waals surface area contributed by atoms with Gasteiger partial charge in [0.25, 0.3) is 0 Å². The van der Waals surface area contributed by atoms with Crippen molar-refractivity contribution in [3.05, 3.63) is 88.2 Å². The Kier molecular flexibility index (Phi) is 10.2. The zero-order valence-corrected chi connectivity index (χ0v) is 28.6. The lowest BCUT2D eigenvalue weighted by Crippen LogP contribution is -2.53. The second-order valence-electron chi connectivity index (χ2n) is 14.3. The summed E-state index contributed by atoms with van der Waals surface area (Å²) in [6.45, 7) is 6.30. The lowest BCUT2D eigenvalue weighted by Gasteiger charge is -2.47. The fourth-order valence-corrected chi connectivity index (χ4v) is 9.03. The molecule has 2 N–H and O–H groups in total. The van der Waals surface area contributed by atoms with Gasteiger partial charge in [0.2, 0.25) is 0 Å². The van der Waals surface area contributed by atoms with Gasteiger partial charge in [0.05, 0.1) is 33.0 Å². The van der Waals surface area contributed by atoms with Gasteiger partial charge < -0.3 is 24.6 Å². The number of aliphatic carboxylic acids is 1. The van der Waals surface area contributed by atoms with E-state index in [2.05, 4.69) is 39.5 Å². The van der Waals surface area contributed by atoms with Crippen molar-refractivity contribution in [2.24, 2.45) is 11.8 Å². The lowest BCUT2D eigenvalue weighted by molar-refractivity contribution is -0.144. The first-order valence-corrected chi connectivity index (χ1v) is 18.1. The third-order valence-corrected chi connectivity index (χ3v) is 11.7. The number of rotatable bonds is 13. The molecule has 9 heteroatoms. The van der Waals surface area contributed by atoms with Crippen molar-refractivity contribution in [1.82, 2.24) is 9.88 Å². The van der Waals surface area contributed by atoms with Crippen LogP contribution in [0.5, 0.6) is 5.75 Å². The van der Waals surface area contributed by atoms with Gasteiger partial charge in [0.1, 0.15) is 11.3 Å². The molecule has 2 aromatic carbocycles. The standard InChI is InChI=1S/C39H48ClN3O5/c40-31-6-3-7-32(25-31)42-39(37(44)45)14-12-38(13-15-39)30(24-29-5-1-2-9-34(29)38)23-28(26-47-22-19-43-17-20-46-21-18-43)27-48-36-11-16-41-35-10-4-8-33(35)36/h1-3,5-7,9,11,16,25,28,30,42H,4,8,10,12-15,17-24,26-27H2,(H,44,45)/t28?,30-,38?,39?/m0/s1. The molecule has 3 aromatic rings. The Morgan fingerprint density at radius 1 is 1.06 bits per heavy atom. The highest BCUT2D eigenvalue weighted by molar-refractivity contribution is 6.30. The summed E-state index contributed by atoms with van der Waals surface area (Å²) in [5, 5.41) is 14.6. The molecule has 7 rings (SSSR count). The summed E-state index contributed by atoms with van der Waals surface area (Å²) in [7, 11) is 0. The third-order valence-electron chi connectivity index (χ3n) is 11.5. The average molecular weight is 674 g/mol. The number of carbonyl (C=O) groups is 1. The van der Waals surface area contributed by atoms with Gasteiger partial charge in [0.15, 0.2) is 0 Å². The molecule has 0 amide bonds. The molecule has 1 unspecified atom stereocenters. The number of nitrogens with one attached hydrogen (secondary N) is 1. The quantitative estimate of drug-likeness (QED) is 0.197. The summed E-state index contributed by atoms with van der Waals surface area (Å²) in [4.78, 5) is 19.9. The van der Waals surface area contributed by atoms with Gasteiger partial charge in [-0.3, -0.25) is 9.88 Å². The number of carboxylic acid groups (broad SMARTS) is 1. The van der Waals surface area contributed by atoms with Crippen LogP contribution < -0.4 is 10.1 Å². The van der Waals surface area contributed by atoms with E-state index in [9.17, 15) is 9.90 Å². The number of morpholine rings is 1. The Morgan fingerprint density at radius 2 is 1.90 bits per heavy atom. The topological polar surface area (TPSA) is 93.2 Å². The minimum absolute atomic E-state index is 0.0878. The van der Waals surface area contributed by atoms with Gasteiger partial charge in [-0.1, -0.05) is 41.9 Å². The van der Waals surface area contributed by atoms with Crippen molar-refractivity contribution >= 4 is 23.3 Å². The van der Waals surface area contributed by atoms with E-state index in [0.717, 1.165) is 89.2 Å². The minimum Gasteiger partial charge on any atom is -0.493 e. The van der Waals surface area contributed by atoms with Crippen LogP contribution in [0.3, 0.4) is 0 Å². The van der Waals surface area contributed by atoms with Crippen molar-refractivity contribution < 1.29 is 24.1 Å². The second-order valence-corrected chi connectivity index (χ2v) is 14.7. The molecule has 1 aromatic heterocycles. The van der Waals surface area contributed by atoms with Gasteiger partial charge in [-0.05, 0) is 105 Å². The van der Waals surface area contributed by atoms with Crippen LogP contribution in [0.15, 0.2) is 60.8 Å². The maximum Gasteiger partial charge on any atom is 0.329 e. The molecule has 4 aliphatic rings. The first kappa shape index (κ1) is 33.3. The first-order valence-electron chi connectivity index (χ1n) is 17.8. The smallest absolute Gasteiger partial charge is 0.329 e. The molecule has 2 atom stereocenters. The summed E-state index contributed by atoms with van der Waals surface area (Å²) in [6, 6.07) is 18.2. The zero-order chi connectivity index (χ0) is 33.0. The second kappa shape index (κ2) is 14.8. The number of ether oxygens (including phenoxy) is 3. The lowest BCUT2D eigenvalue weighted by atomic mass is 9.59. The zero-order valence-electron chi connectivity index (χ0n) is 27.8. The van der Waals surface area contributed by atoms with Gasteiger partial charge in [-0.2, -0.15) is 0 Å². The van der Waals surface area contributed by atoms with E-state index in [1.807, 2.05) is 36.5 Å². The molecule has 1 saturated carbocycles. The number of aryl methyl sites for hydroxylation is 1. The molecule has 0 radical (unpaired) electrons. The number of aromatic nitrogens is 1. The Morgan fingerprint density at radius 3 is 2.71 bits per heavy atom. The van der Waals surface area contributed by atoms with Crippen LogP contribution in [-0.2, 0) is 38.9 Å². The highest BCUT2D eigenvalue weighted by Crippen LogP contribution is 2.56. The first-order chi connectivity index (χ1) is 23.4. The third kappa shape index (κ3) is 7.09. The molecule has 8 nitrogen and oxygen atoms in total. The maximum absolute atomic E-state index is 12.9. The number of nitrogens with zero attached hydrogens (tertiary/aromatic N) is 2.